The van der Waals surface area contributed by atoms with Gasteiger partial charge in [-0.25, -0.2) is 0 Å². The summed E-state index contributed by atoms with van der Waals surface area (Å²) in [5.74, 6) is -1.78. The van der Waals surface area contributed by atoms with Gasteiger partial charge in [-0.05, 0) is 18.8 Å². The highest BCUT2D eigenvalue weighted by Crippen LogP contribution is 2.21. The number of hydrogen-bond donors (Lipinski definition) is 1. The summed E-state index contributed by atoms with van der Waals surface area (Å²) in [6.45, 7) is 9.26. The zero-order valence-corrected chi connectivity index (χ0v) is 11.4. The van der Waals surface area contributed by atoms with Crippen molar-refractivity contribution in [1.82, 2.24) is 0 Å². The van der Waals surface area contributed by atoms with Gasteiger partial charge in [-0.15, -0.1) is 0 Å². The van der Waals surface area contributed by atoms with Crippen molar-refractivity contribution in [3.63, 3.8) is 0 Å². The Kier molecular flexibility index (Phi) is 6.85. The number of rotatable bonds is 7. The Hall–Kier alpha value is -1.06. The van der Waals surface area contributed by atoms with Crippen molar-refractivity contribution in [2.24, 2.45) is 17.8 Å². The van der Waals surface area contributed by atoms with Crippen molar-refractivity contribution < 1.29 is 19.4 Å². The highest BCUT2D eigenvalue weighted by Gasteiger charge is 2.31. The van der Waals surface area contributed by atoms with E-state index >= 15 is 0 Å². The smallest absolute Gasteiger partial charge is 0.310 e. The van der Waals surface area contributed by atoms with Gasteiger partial charge < -0.3 is 9.84 Å². The first kappa shape index (κ1) is 15.9. The largest absolute Gasteiger partial charge is 0.481 e. The number of carboxylic acids is 1. The van der Waals surface area contributed by atoms with Gasteiger partial charge in [-0.2, -0.15) is 0 Å². The quantitative estimate of drug-likeness (QED) is 0.699. The molecular formula is C13H24O4. The fourth-order valence-corrected chi connectivity index (χ4v) is 1.65. The number of hydrogen-bond acceptors (Lipinski definition) is 3. The van der Waals surface area contributed by atoms with Crippen LogP contribution in [0.5, 0.6) is 0 Å². The van der Waals surface area contributed by atoms with Crippen molar-refractivity contribution in [3.05, 3.63) is 0 Å². The minimum atomic E-state index is -0.887. The lowest BCUT2D eigenvalue weighted by molar-refractivity contribution is -0.162. The monoisotopic (exact) mass is 244 g/mol. The summed E-state index contributed by atoms with van der Waals surface area (Å²) in [4.78, 5) is 22.7. The van der Waals surface area contributed by atoms with Crippen LogP contribution in [0, 0.1) is 17.8 Å². The fourth-order valence-electron chi connectivity index (χ4n) is 1.65. The molecule has 0 aliphatic rings. The van der Waals surface area contributed by atoms with E-state index in [1.165, 1.54) is 0 Å². The molecule has 0 saturated carbocycles. The summed E-state index contributed by atoms with van der Waals surface area (Å²) in [6, 6.07) is 0. The topological polar surface area (TPSA) is 63.6 Å². The van der Waals surface area contributed by atoms with Gasteiger partial charge in [-0.1, -0.05) is 34.6 Å². The lowest BCUT2D eigenvalue weighted by Crippen LogP contribution is -2.34. The molecule has 0 bridgehead atoms. The SMILES string of the molecule is CCC(OC(=O)C(C)C)C(CC(C)C)C(=O)O. The fraction of sp³-hybridized carbons (Fsp3) is 0.846. The van der Waals surface area contributed by atoms with E-state index in [4.69, 9.17) is 4.74 Å². The maximum Gasteiger partial charge on any atom is 0.310 e. The highest BCUT2D eigenvalue weighted by atomic mass is 16.5. The molecule has 0 aromatic rings. The molecule has 4 nitrogen and oxygen atoms in total. The normalized spacial score (nSPS) is 14.8. The molecule has 0 fully saturated rings. The lowest BCUT2D eigenvalue weighted by Gasteiger charge is -2.25. The molecule has 0 saturated heterocycles. The molecule has 0 aromatic heterocycles. The van der Waals surface area contributed by atoms with Crippen molar-refractivity contribution in [3.8, 4) is 0 Å². The summed E-state index contributed by atoms with van der Waals surface area (Å²) in [6.07, 6.45) is 0.534. The third-order valence-electron chi connectivity index (χ3n) is 2.63. The molecular weight excluding hydrogens is 220 g/mol. The van der Waals surface area contributed by atoms with E-state index in [0.717, 1.165) is 0 Å². The van der Waals surface area contributed by atoms with Gasteiger partial charge in [0.05, 0.1) is 11.8 Å². The molecule has 17 heavy (non-hydrogen) atoms. The van der Waals surface area contributed by atoms with Crippen molar-refractivity contribution >= 4 is 11.9 Å². The van der Waals surface area contributed by atoms with Crippen LogP contribution in [0.25, 0.3) is 0 Å². The van der Waals surface area contributed by atoms with Gasteiger partial charge in [0, 0.05) is 0 Å². The van der Waals surface area contributed by atoms with E-state index < -0.39 is 18.0 Å². The first-order valence-electron chi connectivity index (χ1n) is 6.22. The summed E-state index contributed by atoms with van der Waals surface area (Å²) in [7, 11) is 0. The Morgan fingerprint density at radius 3 is 2.00 bits per heavy atom. The molecule has 0 heterocycles. The van der Waals surface area contributed by atoms with E-state index in [2.05, 4.69) is 0 Å². The summed E-state index contributed by atoms with van der Waals surface area (Å²) in [5, 5.41) is 9.18. The second kappa shape index (κ2) is 7.30. The van der Waals surface area contributed by atoms with Crippen molar-refractivity contribution in [1.29, 1.82) is 0 Å². The first-order chi connectivity index (χ1) is 7.79. The van der Waals surface area contributed by atoms with Crippen LogP contribution in [0.1, 0.15) is 47.5 Å². The average Bonchev–Trinajstić information content (AvgIpc) is 2.21. The molecule has 0 rings (SSSR count). The lowest BCUT2D eigenvalue weighted by atomic mass is 9.90. The number of carboxylic acid groups (broad SMARTS) is 1. The molecule has 0 aliphatic carbocycles. The second-order valence-electron chi connectivity index (χ2n) is 5.11. The molecule has 0 aromatic carbocycles. The van der Waals surface area contributed by atoms with E-state index in [1.54, 1.807) is 13.8 Å². The van der Waals surface area contributed by atoms with E-state index in [-0.39, 0.29) is 17.8 Å². The van der Waals surface area contributed by atoms with Gasteiger partial charge in [0.2, 0.25) is 0 Å². The minimum Gasteiger partial charge on any atom is -0.481 e. The van der Waals surface area contributed by atoms with Gasteiger partial charge in [0.15, 0.2) is 0 Å². The predicted octanol–water partition coefficient (Wildman–Crippen LogP) is 2.71. The van der Waals surface area contributed by atoms with Gasteiger partial charge in [-0.3, -0.25) is 9.59 Å². The minimum absolute atomic E-state index is 0.224. The summed E-state index contributed by atoms with van der Waals surface area (Å²) in [5.41, 5.74) is 0. The average molecular weight is 244 g/mol. The third kappa shape index (κ3) is 5.71. The third-order valence-corrected chi connectivity index (χ3v) is 2.63. The second-order valence-corrected chi connectivity index (χ2v) is 5.11. The van der Waals surface area contributed by atoms with Gasteiger partial charge in [0.25, 0.3) is 0 Å². The molecule has 100 valence electrons. The molecule has 2 unspecified atom stereocenters. The van der Waals surface area contributed by atoms with Crippen LogP contribution >= 0.6 is 0 Å². The zero-order chi connectivity index (χ0) is 13.6. The van der Waals surface area contributed by atoms with Gasteiger partial charge in [0.1, 0.15) is 6.10 Å². The Morgan fingerprint density at radius 1 is 1.18 bits per heavy atom. The number of esters is 1. The van der Waals surface area contributed by atoms with E-state index in [0.29, 0.717) is 12.8 Å². The number of aliphatic carboxylic acids is 1. The zero-order valence-electron chi connectivity index (χ0n) is 11.4. The maximum absolute atomic E-state index is 11.5. The highest BCUT2D eigenvalue weighted by molar-refractivity contribution is 5.74. The van der Waals surface area contributed by atoms with Crippen molar-refractivity contribution in [2.45, 2.75) is 53.6 Å². The van der Waals surface area contributed by atoms with Crippen LogP contribution in [0.15, 0.2) is 0 Å². The molecule has 0 amide bonds. The van der Waals surface area contributed by atoms with Crippen molar-refractivity contribution in [2.75, 3.05) is 0 Å². The maximum atomic E-state index is 11.5. The van der Waals surface area contributed by atoms with Crippen LogP contribution in [-0.4, -0.2) is 23.1 Å². The number of carbonyl (C=O) groups is 2. The Balaban J connectivity index is 4.67. The molecule has 0 radical (unpaired) electrons. The van der Waals surface area contributed by atoms with Gasteiger partial charge >= 0.3 is 11.9 Å². The van der Waals surface area contributed by atoms with Crippen LogP contribution < -0.4 is 0 Å². The Morgan fingerprint density at radius 2 is 1.71 bits per heavy atom. The molecule has 0 spiro atoms. The van der Waals surface area contributed by atoms with Crippen LogP contribution in [0.4, 0.5) is 0 Å². The van der Waals surface area contributed by atoms with E-state index in [9.17, 15) is 14.7 Å². The molecule has 2 atom stereocenters. The predicted molar refractivity (Wildman–Crippen MR) is 65.6 cm³/mol. The van der Waals surface area contributed by atoms with Crippen LogP contribution in [0.2, 0.25) is 0 Å². The molecule has 0 aliphatic heterocycles. The van der Waals surface area contributed by atoms with E-state index in [1.807, 2.05) is 20.8 Å². The molecule has 4 heteroatoms. The van der Waals surface area contributed by atoms with Crippen LogP contribution in [-0.2, 0) is 14.3 Å². The number of carbonyl (C=O) groups excluding carboxylic acids is 1. The summed E-state index contributed by atoms with van der Waals surface area (Å²) >= 11 is 0. The standard InChI is InChI=1S/C13H24O4/c1-6-11(17-13(16)9(4)5)10(12(14)15)7-8(2)3/h8-11H,6-7H2,1-5H3,(H,14,15). The molecule has 1 N–H and O–H groups in total. The van der Waals surface area contributed by atoms with Crippen LogP contribution in [0.3, 0.4) is 0 Å². The Bertz CT molecular complexity index is 258. The Labute approximate surface area is 103 Å². The summed E-state index contributed by atoms with van der Waals surface area (Å²) < 4.78 is 5.27. The first-order valence-corrected chi connectivity index (χ1v) is 6.22. The number of ether oxygens (including phenoxy) is 1.